The van der Waals surface area contributed by atoms with Crippen molar-refractivity contribution in [2.24, 2.45) is 5.92 Å². The first kappa shape index (κ1) is 18.2. The molecule has 2 saturated heterocycles. The number of nitrogens with zero attached hydrogens (tertiary/aromatic N) is 3. The second kappa shape index (κ2) is 7.17. The lowest BCUT2D eigenvalue weighted by molar-refractivity contribution is -0.137. The van der Waals surface area contributed by atoms with Crippen LogP contribution in [-0.4, -0.2) is 78.9 Å². The second-order valence-electron chi connectivity index (χ2n) is 6.58. The quantitative estimate of drug-likeness (QED) is 0.709. The number of carbonyl (C=O) groups excluding carboxylic acids is 2. The van der Waals surface area contributed by atoms with Gasteiger partial charge < -0.3 is 9.80 Å². The van der Waals surface area contributed by atoms with Crippen LogP contribution in [0.3, 0.4) is 0 Å². The van der Waals surface area contributed by atoms with Crippen LogP contribution in [0.15, 0.2) is 0 Å². The summed E-state index contributed by atoms with van der Waals surface area (Å²) in [4.78, 5) is 28.0. The summed E-state index contributed by atoms with van der Waals surface area (Å²) >= 11 is 0. The van der Waals surface area contributed by atoms with Crippen molar-refractivity contribution in [2.45, 2.75) is 39.7 Å². The first-order valence-corrected chi connectivity index (χ1v) is 9.93. The normalized spacial score (nSPS) is 23.8. The molecule has 0 aliphatic carbocycles. The molecule has 132 valence electrons. The van der Waals surface area contributed by atoms with Gasteiger partial charge in [0, 0.05) is 45.2 Å². The number of rotatable bonds is 5. The fourth-order valence-electron chi connectivity index (χ4n) is 3.23. The number of sulfonamides is 1. The molecule has 23 heavy (non-hydrogen) atoms. The minimum absolute atomic E-state index is 0.0194. The van der Waals surface area contributed by atoms with E-state index in [1.807, 2.05) is 20.8 Å². The Morgan fingerprint density at radius 1 is 1.22 bits per heavy atom. The number of likely N-dealkylation sites (tertiary alicyclic amines) is 1. The minimum Gasteiger partial charge on any atom is -0.340 e. The van der Waals surface area contributed by atoms with Gasteiger partial charge in [-0.15, -0.1) is 0 Å². The average molecular weight is 345 g/mol. The molecule has 0 bridgehead atoms. The summed E-state index contributed by atoms with van der Waals surface area (Å²) in [5, 5.41) is 0. The highest BCUT2D eigenvalue weighted by molar-refractivity contribution is 7.89. The van der Waals surface area contributed by atoms with Crippen molar-refractivity contribution >= 4 is 21.8 Å². The van der Waals surface area contributed by atoms with E-state index in [4.69, 9.17) is 0 Å². The summed E-state index contributed by atoms with van der Waals surface area (Å²) in [6.45, 7) is 7.73. The highest BCUT2D eigenvalue weighted by atomic mass is 32.2. The molecule has 0 spiro atoms. The largest absolute Gasteiger partial charge is 0.340 e. The van der Waals surface area contributed by atoms with Crippen molar-refractivity contribution in [1.29, 1.82) is 0 Å². The first-order valence-electron chi connectivity index (χ1n) is 8.32. The highest BCUT2D eigenvalue weighted by Gasteiger charge is 2.38. The third-order valence-corrected chi connectivity index (χ3v) is 6.61. The summed E-state index contributed by atoms with van der Waals surface area (Å²) in [6.07, 6.45) is 0.863. The van der Waals surface area contributed by atoms with Gasteiger partial charge in [0.15, 0.2) is 0 Å². The van der Waals surface area contributed by atoms with Crippen molar-refractivity contribution in [3.8, 4) is 0 Å². The Hall–Kier alpha value is -1.15. The Bertz CT molecular complexity index is 553. The second-order valence-corrected chi connectivity index (χ2v) is 8.67. The fourth-order valence-corrected chi connectivity index (χ4v) is 4.72. The van der Waals surface area contributed by atoms with Gasteiger partial charge in [0.25, 0.3) is 0 Å². The predicted octanol–water partition coefficient (Wildman–Crippen LogP) is 0.127. The summed E-state index contributed by atoms with van der Waals surface area (Å²) < 4.78 is 25.6. The number of hydrogen-bond donors (Lipinski definition) is 0. The Balaban J connectivity index is 1.91. The van der Waals surface area contributed by atoms with E-state index in [0.717, 1.165) is 0 Å². The van der Waals surface area contributed by atoms with Crippen LogP contribution in [0.25, 0.3) is 0 Å². The maximum atomic E-state index is 12.6. The minimum atomic E-state index is -3.20. The Morgan fingerprint density at radius 2 is 1.83 bits per heavy atom. The zero-order valence-electron chi connectivity index (χ0n) is 14.2. The molecular weight excluding hydrogens is 318 g/mol. The van der Waals surface area contributed by atoms with Crippen molar-refractivity contribution in [2.75, 3.05) is 38.5 Å². The molecule has 0 aromatic rings. The van der Waals surface area contributed by atoms with Crippen LogP contribution in [0.1, 0.15) is 33.6 Å². The van der Waals surface area contributed by atoms with Crippen molar-refractivity contribution in [3.05, 3.63) is 0 Å². The van der Waals surface area contributed by atoms with Crippen LogP contribution in [-0.2, 0) is 19.6 Å². The molecule has 0 aromatic heterocycles. The van der Waals surface area contributed by atoms with Gasteiger partial charge in [-0.05, 0) is 20.3 Å². The van der Waals surface area contributed by atoms with Crippen LogP contribution in [0, 0.1) is 5.92 Å². The maximum Gasteiger partial charge on any atom is 0.228 e. The van der Waals surface area contributed by atoms with Gasteiger partial charge in [-0.3, -0.25) is 9.59 Å². The van der Waals surface area contributed by atoms with Crippen LogP contribution >= 0.6 is 0 Å². The van der Waals surface area contributed by atoms with Gasteiger partial charge in [-0.1, -0.05) is 6.92 Å². The number of piperazine rings is 1. The van der Waals surface area contributed by atoms with Crippen LogP contribution < -0.4 is 0 Å². The molecule has 2 fully saturated rings. The van der Waals surface area contributed by atoms with E-state index < -0.39 is 10.0 Å². The lowest BCUT2D eigenvalue weighted by Crippen LogP contribution is -2.52. The van der Waals surface area contributed by atoms with Crippen molar-refractivity contribution in [1.82, 2.24) is 14.1 Å². The summed E-state index contributed by atoms with van der Waals surface area (Å²) in [5.74, 6) is -0.123. The van der Waals surface area contributed by atoms with Gasteiger partial charge >= 0.3 is 0 Å². The summed E-state index contributed by atoms with van der Waals surface area (Å²) in [5.41, 5.74) is 0. The molecule has 8 heteroatoms. The number of amides is 2. The van der Waals surface area contributed by atoms with E-state index in [1.54, 1.807) is 9.80 Å². The summed E-state index contributed by atoms with van der Waals surface area (Å²) in [7, 11) is -3.20. The third-order valence-electron chi connectivity index (χ3n) is 4.54. The monoisotopic (exact) mass is 345 g/mol. The van der Waals surface area contributed by atoms with E-state index >= 15 is 0 Å². The molecule has 7 nitrogen and oxygen atoms in total. The molecule has 2 rings (SSSR count). The van der Waals surface area contributed by atoms with E-state index in [1.165, 1.54) is 4.31 Å². The van der Waals surface area contributed by atoms with Gasteiger partial charge in [-0.2, -0.15) is 4.31 Å². The van der Waals surface area contributed by atoms with E-state index in [9.17, 15) is 18.0 Å². The van der Waals surface area contributed by atoms with Crippen LogP contribution in [0.4, 0.5) is 0 Å². The zero-order valence-corrected chi connectivity index (χ0v) is 15.0. The average Bonchev–Trinajstić information content (AvgIpc) is 2.89. The maximum absolute atomic E-state index is 12.6. The van der Waals surface area contributed by atoms with Gasteiger partial charge in [0.2, 0.25) is 21.8 Å². The molecule has 0 N–H and O–H groups in total. The lowest BCUT2D eigenvalue weighted by Gasteiger charge is -2.35. The van der Waals surface area contributed by atoms with Gasteiger partial charge in [0.05, 0.1) is 11.7 Å². The zero-order chi connectivity index (χ0) is 17.2. The molecular formula is C15H27N3O4S. The molecule has 2 aliphatic rings. The van der Waals surface area contributed by atoms with Crippen LogP contribution in [0.2, 0.25) is 0 Å². The Labute approximate surface area is 138 Å². The first-order chi connectivity index (χ1) is 10.8. The Morgan fingerprint density at radius 3 is 2.30 bits per heavy atom. The van der Waals surface area contributed by atoms with Gasteiger partial charge in [-0.25, -0.2) is 8.42 Å². The number of carbonyl (C=O) groups is 2. The molecule has 0 aromatic carbocycles. The predicted molar refractivity (Wildman–Crippen MR) is 87.2 cm³/mol. The molecule has 1 atom stereocenters. The van der Waals surface area contributed by atoms with E-state index in [2.05, 4.69) is 0 Å². The Kier molecular flexibility index (Phi) is 5.67. The molecule has 0 radical (unpaired) electrons. The molecule has 0 saturated carbocycles. The standard InChI is InChI=1S/C15H27N3O4S/c1-4-9-23(21,22)17-7-5-16(6-8-17)15(20)13-10-14(19)18(11-13)12(2)3/h12-13H,4-11H2,1-3H3. The molecule has 2 aliphatic heterocycles. The van der Waals surface area contributed by atoms with E-state index in [0.29, 0.717) is 39.1 Å². The molecule has 2 heterocycles. The topological polar surface area (TPSA) is 78.0 Å². The van der Waals surface area contributed by atoms with Crippen molar-refractivity contribution < 1.29 is 18.0 Å². The smallest absolute Gasteiger partial charge is 0.228 e. The lowest BCUT2D eigenvalue weighted by atomic mass is 10.1. The number of hydrogen-bond acceptors (Lipinski definition) is 4. The third kappa shape index (κ3) is 4.03. The van der Waals surface area contributed by atoms with Crippen LogP contribution in [0.5, 0.6) is 0 Å². The molecule has 2 amide bonds. The SMILES string of the molecule is CCCS(=O)(=O)N1CCN(C(=O)C2CC(=O)N(C(C)C)C2)CC1. The summed E-state index contributed by atoms with van der Waals surface area (Å²) in [6, 6.07) is 0.108. The highest BCUT2D eigenvalue weighted by Crippen LogP contribution is 2.23. The van der Waals surface area contributed by atoms with Gasteiger partial charge in [0.1, 0.15) is 0 Å². The molecule has 1 unspecified atom stereocenters. The van der Waals surface area contributed by atoms with Crippen molar-refractivity contribution in [3.63, 3.8) is 0 Å². The van der Waals surface area contributed by atoms with E-state index in [-0.39, 0.29) is 35.9 Å². The fraction of sp³-hybridized carbons (Fsp3) is 0.867.